The molecule has 4 N–H and O–H groups in total. The van der Waals surface area contributed by atoms with E-state index in [0.717, 1.165) is 37.8 Å². The van der Waals surface area contributed by atoms with E-state index in [9.17, 15) is 19.8 Å². The topological polar surface area (TPSA) is 107 Å². The average molecular weight is 452 g/mol. The third kappa shape index (κ3) is 5.43. The Bertz CT molecular complexity index is 953. The molecule has 0 spiro atoms. The van der Waals surface area contributed by atoms with Crippen molar-refractivity contribution in [2.45, 2.75) is 56.3 Å². The number of carbonyl (C=O) groups excluding carboxylic acids is 2. The molecule has 33 heavy (non-hydrogen) atoms. The van der Waals surface area contributed by atoms with Crippen LogP contribution < -0.4 is 5.73 Å². The van der Waals surface area contributed by atoms with Crippen LogP contribution in [-0.2, 0) is 11.3 Å². The third-order valence-electron chi connectivity index (χ3n) is 7.14. The van der Waals surface area contributed by atoms with Gasteiger partial charge in [0.2, 0.25) is 5.91 Å². The SMILES string of the molecule is NC(=O)c1cccc(C2CC3CCC(C2)N3CCN(Cc2ccccc2)C(=O)[C@H](O)CO)c1. The highest BCUT2D eigenvalue weighted by molar-refractivity contribution is 5.92. The van der Waals surface area contributed by atoms with E-state index in [-0.39, 0.29) is 0 Å². The van der Waals surface area contributed by atoms with Crippen LogP contribution in [0.5, 0.6) is 0 Å². The largest absolute Gasteiger partial charge is 0.393 e. The molecule has 176 valence electrons. The van der Waals surface area contributed by atoms with E-state index < -0.39 is 24.5 Å². The predicted molar refractivity (Wildman–Crippen MR) is 125 cm³/mol. The minimum atomic E-state index is -1.39. The maximum Gasteiger partial charge on any atom is 0.254 e. The molecule has 2 amide bonds. The van der Waals surface area contributed by atoms with E-state index in [2.05, 4.69) is 11.0 Å². The zero-order valence-electron chi connectivity index (χ0n) is 18.8. The van der Waals surface area contributed by atoms with E-state index in [1.165, 1.54) is 5.56 Å². The zero-order valence-corrected chi connectivity index (χ0v) is 18.8. The summed E-state index contributed by atoms with van der Waals surface area (Å²) in [6.07, 6.45) is 2.90. The van der Waals surface area contributed by atoms with Gasteiger partial charge in [0.25, 0.3) is 5.91 Å². The van der Waals surface area contributed by atoms with Gasteiger partial charge in [-0.25, -0.2) is 0 Å². The Balaban J connectivity index is 1.42. The number of fused-ring (bicyclic) bond motifs is 2. The fourth-order valence-corrected chi connectivity index (χ4v) is 5.45. The number of benzene rings is 2. The number of nitrogens with zero attached hydrogens (tertiary/aromatic N) is 2. The van der Waals surface area contributed by atoms with Crippen LogP contribution in [0.3, 0.4) is 0 Å². The number of aliphatic hydroxyl groups is 2. The summed E-state index contributed by atoms with van der Waals surface area (Å²) in [6.45, 7) is 1.06. The van der Waals surface area contributed by atoms with Gasteiger partial charge in [0.15, 0.2) is 6.10 Å². The number of nitrogens with two attached hydrogens (primary N) is 1. The molecule has 0 saturated carbocycles. The van der Waals surface area contributed by atoms with Crippen molar-refractivity contribution in [1.82, 2.24) is 9.80 Å². The van der Waals surface area contributed by atoms with E-state index >= 15 is 0 Å². The van der Waals surface area contributed by atoms with Crippen molar-refractivity contribution >= 4 is 11.8 Å². The molecule has 2 aliphatic rings. The molecule has 2 heterocycles. The Hall–Kier alpha value is -2.74. The lowest BCUT2D eigenvalue weighted by Gasteiger charge is -2.40. The Labute approximate surface area is 194 Å². The van der Waals surface area contributed by atoms with Gasteiger partial charge in [0, 0.05) is 37.3 Å². The molecule has 3 atom stereocenters. The van der Waals surface area contributed by atoms with Gasteiger partial charge in [-0.2, -0.15) is 0 Å². The Morgan fingerprint density at radius 2 is 1.76 bits per heavy atom. The Morgan fingerprint density at radius 1 is 1.06 bits per heavy atom. The molecule has 0 aromatic heterocycles. The highest BCUT2D eigenvalue weighted by Gasteiger charge is 2.41. The van der Waals surface area contributed by atoms with Gasteiger partial charge in [-0.15, -0.1) is 0 Å². The minimum absolute atomic E-state index is 0.398. The van der Waals surface area contributed by atoms with Crippen LogP contribution in [0.2, 0.25) is 0 Å². The highest BCUT2D eigenvalue weighted by Crippen LogP contribution is 2.43. The van der Waals surface area contributed by atoms with E-state index in [1.807, 2.05) is 42.5 Å². The predicted octanol–water partition coefficient (Wildman–Crippen LogP) is 1.88. The quantitative estimate of drug-likeness (QED) is 0.540. The molecule has 7 nitrogen and oxygen atoms in total. The van der Waals surface area contributed by atoms with Gasteiger partial charge in [-0.1, -0.05) is 42.5 Å². The molecular weight excluding hydrogens is 418 g/mol. The normalized spacial score (nSPS) is 23.3. The minimum Gasteiger partial charge on any atom is -0.393 e. The molecule has 0 aliphatic carbocycles. The first-order valence-corrected chi connectivity index (χ1v) is 11.7. The summed E-state index contributed by atoms with van der Waals surface area (Å²) < 4.78 is 0. The fourth-order valence-electron chi connectivity index (χ4n) is 5.45. The second kappa shape index (κ2) is 10.5. The molecule has 2 aromatic rings. The second-order valence-electron chi connectivity index (χ2n) is 9.22. The summed E-state index contributed by atoms with van der Waals surface area (Å²) in [4.78, 5) is 28.5. The summed E-state index contributed by atoms with van der Waals surface area (Å²) in [6, 6.07) is 18.3. The molecular formula is C26H33N3O4. The number of hydrogen-bond acceptors (Lipinski definition) is 5. The fraction of sp³-hybridized carbons (Fsp3) is 0.462. The Morgan fingerprint density at radius 3 is 2.39 bits per heavy atom. The van der Waals surface area contributed by atoms with Crippen LogP contribution in [0.1, 0.15) is 53.1 Å². The first kappa shape index (κ1) is 23.4. The smallest absolute Gasteiger partial charge is 0.254 e. The van der Waals surface area contributed by atoms with Crippen LogP contribution in [0.4, 0.5) is 0 Å². The first-order chi connectivity index (χ1) is 16.0. The number of carbonyl (C=O) groups is 2. The van der Waals surface area contributed by atoms with Crippen molar-refractivity contribution in [1.29, 1.82) is 0 Å². The van der Waals surface area contributed by atoms with E-state index in [1.54, 1.807) is 11.0 Å². The number of aliphatic hydroxyl groups excluding tert-OH is 2. The van der Waals surface area contributed by atoms with Crippen LogP contribution in [-0.4, -0.2) is 69.7 Å². The van der Waals surface area contributed by atoms with Crippen molar-refractivity contribution in [2.75, 3.05) is 19.7 Å². The maximum atomic E-state index is 12.7. The van der Waals surface area contributed by atoms with Crippen LogP contribution in [0.25, 0.3) is 0 Å². The highest BCUT2D eigenvalue weighted by atomic mass is 16.3. The van der Waals surface area contributed by atoms with Crippen LogP contribution in [0.15, 0.2) is 54.6 Å². The summed E-state index contributed by atoms with van der Waals surface area (Å²) >= 11 is 0. The van der Waals surface area contributed by atoms with Crippen molar-refractivity contribution in [3.05, 3.63) is 71.3 Å². The molecule has 2 bridgehead atoms. The number of rotatable bonds is 9. The molecule has 4 rings (SSSR count). The molecule has 2 aliphatic heterocycles. The van der Waals surface area contributed by atoms with Gasteiger partial charge < -0.3 is 20.8 Å². The van der Waals surface area contributed by atoms with E-state index in [4.69, 9.17) is 5.73 Å². The number of piperidine rings is 1. The van der Waals surface area contributed by atoms with Crippen molar-refractivity contribution < 1.29 is 19.8 Å². The zero-order chi connectivity index (χ0) is 23.4. The van der Waals surface area contributed by atoms with Crippen LogP contribution in [0, 0.1) is 0 Å². The number of amides is 2. The summed E-state index contributed by atoms with van der Waals surface area (Å²) in [7, 11) is 0. The summed E-state index contributed by atoms with van der Waals surface area (Å²) in [5.41, 5.74) is 8.19. The third-order valence-corrected chi connectivity index (χ3v) is 7.14. The molecule has 2 fully saturated rings. The van der Waals surface area contributed by atoms with Gasteiger partial charge >= 0.3 is 0 Å². The van der Waals surface area contributed by atoms with Crippen LogP contribution >= 0.6 is 0 Å². The maximum absolute atomic E-state index is 12.7. The lowest BCUT2D eigenvalue weighted by Crippen LogP contribution is -2.48. The Kier molecular flexibility index (Phi) is 7.42. The summed E-state index contributed by atoms with van der Waals surface area (Å²) in [5, 5.41) is 19.2. The lowest BCUT2D eigenvalue weighted by atomic mass is 9.84. The van der Waals surface area contributed by atoms with Crippen molar-refractivity contribution in [3.63, 3.8) is 0 Å². The summed E-state index contributed by atoms with van der Waals surface area (Å²) in [5.74, 6) is -0.436. The van der Waals surface area contributed by atoms with Crippen molar-refractivity contribution in [2.24, 2.45) is 5.73 Å². The van der Waals surface area contributed by atoms with Gasteiger partial charge in [0.1, 0.15) is 0 Å². The molecule has 7 heteroatoms. The molecule has 0 radical (unpaired) electrons. The monoisotopic (exact) mass is 451 g/mol. The molecule has 2 unspecified atom stereocenters. The van der Waals surface area contributed by atoms with Gasteiger partial charge in [-0.05, 0) is 54.9 Å². The van der Waals surface area contributed by atoms with E-state index in [0.29, 0.717) is 36.7 Å². The average Bonchev–Trinajstić information content (AvgIpc) is 3.07. The standard InChI is InChI=1S/C26H33N3O4/c27-25(32)20-8-4-7-19(13-20)21-14-22-9-10-23(15-21)29(22)12-11-28(26(33)24(31)17-30)16-18-5-2-1-3-6-18/h1-8,13,21-24,30-31H,9-12,14-17H2,(H2,27,32)/t21?,22?,23?,24-/m1/s1. The first-order valence-electron chi connectivity index (χ1n) is 11.7. The molecule has 2 aromatic carbocycles. The van der Waals surface area contributed by atoms with Crippen molar-refractivity contribution in [3.8, 4) is 0 Å². The lowest BCUT2D eigenvalue weighted by molar-refractivity contribution is -0.143. The molecule has 2 saturated heterocycles. The van der Waals surface area contributed by atoms with Gasteiger partial charge in [0.05, 0.1) is 6.61 Å². The second-order valence-corrected chi connectivity index (χ2v) is 9.22. The van der Waals surface area contributed by atoms with Gasteiger partial charge in [-0.3, -0.25) is 14.5 Å². The number of primary amides is 1. The number of hydrogen-bond donors (Lipinski definition) is 3.